The first-order chi connectivity index (χ1) is 16.4. The third kappa shape index (κ3) is 6.59. The quantitative estimate of drug-likeness (QED) is 0.342. The van der Waals surface area contributed by atoms with Gasteiger partial charge in [0.1, 0.15) is 11.4 Å². The van der Waals surface area contributed by atoms with E-state index in [0.29, 0.717) is 23.0 Å². The molecule has 0 aliphatic carbocycles. The minimum atomic E-state index is -4.73. The molecule has 35 heavy (non-hydrogen) atoms. The van der Waals surface area contributed by atoms with Crippen molar-refractivity contribution in [2.75, 3.05) is 21.1 Å². The summed E-state index contributed by atoms with van der Waals surface area (Å²) in [5.74, 6) is -1.39. The molecule has 1 heterocycles. The molecule has 0 unspecified atom stereocenters. The zero-order valence-corrected chi connectivity index (χ0v) is 19.6. The maximum Gasteiger partial charge on any atom is 0.421 e. The van der Waals surface area contributed by atoms with Crippen molar-refractivity contribution in [1.29, 1.82) is 0 Å². The molecular formula is C22H23F3N6O3S. The zero-order chi connectivity index (χ0) is 25.8. The predicted molar refractivity (Wildman–Crippen MR) is 127 cm³/mol. The molecule has 186 valence electrons. The maximum atomic E-state index is 13.6. The van der Waals surface area contributed by atoms with Gasteiger partial charge < -0.3 is 16.4 Å². The average Bonchev–Trinajstić information content (AvgIpc) is 2.78. The summed E-state index contributed by atoms with van der Waals surface area (Å²) in [5.41, 5.74) is 6.20. The van der Waals surface area contributed by atoms with Gasteiger partial charge in [0.2, 0.25) is 21.9 Å². The van der Waals surface area contributed by atoms with Crippen LogP contribution in [0.4, 0.5) is 36.3 Å². The monoisotopic (exact) mass is 508 g/mol. The molecular weight excluding hydrogens is 485 g/mol. The second kappa shape index (κ2) is 10.2. The van der Waals surface area contributed by atoms with Gasteiger partial charge in [0, 0.05) is 24.0 Å². The fourth-order valence-corrected chi connectivity index (χ4v) is 3.75. The van der Waals surface area contributed by atoms with Crippen LogP contribution in [0.5, 0.6) is 0 Å². The molecule has 0 fully saturated rings. The van der Waals surface area contributed by atoms with Crippen LogP contribution in [-0.4, -0.2) is 30.0 Å². The highest BCUT2D eigenvalue weighted by Crippen LogP contribution is 2.34. The molecule has 0 radical (unpaired) electrons. The minimum Gasteiger partial charge on any atom is -0.366 e. The van der Waals surface area contributed by atoms with E-state index in [4.69, 9.17) is 5.73 Å². The summed E-state index contributed by atoms with van der Waals surface area (Å²) < 4.78 is 67.3. The average molecular weight is 509 g/mol. The fraction of sp³-hybridized carbons (Fsp3) is 0.227. The highest BCUT2D eigenvalue weighted by molar-refractivity contribution is 7.92. The number of anilines is 4. The molecule has 3 aromatic rings. The van der Waals surface area contributed by atoms with Crippen molar-refractivity contribution in [2.24, 2.45) is 5.73 Å². The lowest BCUT2D eigenvalue weighted by Crippen LogP contribution is -2.18. The Morgan fingerprint density at radius 3 is 2.40 bits per heavy atom. The third-order valence-corrected chi connectivity index (χ3v) is 6.30. The lowest BCUT2D eigenvalue weighted by Gasteiger charge is -2.18. The van der Waals surface area contributed by atoms with Crippen molar-refractivity contribution < 1.29 is 26.4 Å². The number of primary amides is 1. The summed E-state index contributed by atoms with van der Waals surface area (Å²) in [4.78, 5) is 18.9. The van der Waals surface area contributed by atoms with Gasteiger partial charge in [-0.15, -0.1) is 0 Å². The van der Waals surface area contributed by atoms with Gasteiger partial charge in [-0.2, -0.15) is 18.2 Å². The number of aryl methyl sites for hydroxylation is 1. The number of alkyl halides is 3. The van der Waals surface area contributed by atoms with Crippen molar-refractivity contribution in [2.45, 2.75) is 26.6 Å². The molecule has 0 saturated carbocycles. The molecule has 1 amide bonds. The first-order valence-corrected chi connectivity index (χ1v) is 12.0. The standard InChI is InChI=1S/C22H23F3N6O3S/c1-3-35(33,34)31-18-6-4-5-13(2)16(18)11-27-20-17(22(23,24)25)12-28-21(30-20)29-15-9-7-14(8-10-15)19(26)32/h4-10,12,31H,3,11H2,1-2H3,(H2,26,32)(H2,27,28,29,30). The number of carbonyl (C=O) groups is 1. The van der Waals surface area contributed by atoms with E-state index in [1.165, 1.54) is 37.3 Å². The Morgan fingerprint density at radius 2 is 1.80 bits per heavy atom. The predicted octanol–water partition coefficient (Wildman–Crippen LogP) is 4.02. The topological polar surface area (TPSA) is 139 Å². The Kier molecular flexibility index (Phi) is 7.48. The molecule has 0 atom stereocenters. The number of aromatic nitrogens is 2. The third-order valence-electron chi connectivity index (χ3n) is 5.01. The van der Waals surface area contributed by atoms with Gasteiger partial charge in [-0.05, 0) is 55.3 Å². The van der Waals surface area contributed by atoms with Crippen molar-refractivity contribution in [3.8, 4) is 0 Å². The van der Waals surface area contributed by atoms with Crippen LogP contribution >= 0.6 is 0 Å². The van der Waals surface area contributed by atoms with E-state index in [1.807, 2.05) is 0 Å². The molecule has 0 bridgehead atoms. The number of nitrogens with one attached hydrogen (secondary N) is 3. The van der Waals surface area contributed by atoms with Gasteiger partial charge in [-0.3, -0.25) is 9.52 Å². The van der Waals surface area contributed by atoms with E-state index in [1.54, 1.807) is 19.1 Å². The van der Waals surface area contributed by atoms with E-state index in [2.05, 4.69) is 25.3 Å². The van der Waals surface area contributed by atoms with Crippen LogP contribution in [0.25, 0.3) is 0 Å². The van der Waals surface area contributed by atoms with Crippen LogP contribution in [0, 0.1) is 6.92 Å². The van der Waals surface area contributed by atoms with Gasteiger partial charge in [0.25, 0.3) is 0 Å². The minimum absolute atomic E-state index is 0.121. The summed E-state index contributed by atoms with van der Waals surface area (Å²) in [6, 6.07) is 10.8. The number of hydrogen-bond donors (Lipinski definition) is 4. The molecule has 0 spiro atoms. The first-order valence-electron chi connectivity index (χ1n) is 10.3. The number of carbonyl (C=O) groups excluding carboxylic acids is 1. The van der Waals surface area contributed by atoms with Crippen molar-refractivity contribution >= 4 is 39.1 Å². The van der Waals surface area contributed by atoms with E-state index in [-0.39, 0.29) is 29.5 Å². The Morgan fingerprint density at radius 1 is 1.11 bits per heavy atom. The van der Waals surface area contributed by atoms with E-state index in [9.17, 15) is 26.4 Å². The van der Waals surface area contributed by atoms with Gasteiger partial charge in [-0.25, -0.2) is 13.4 Å². The van der Waals surface area contributed by atoms with E-state index < -0.39 is 33.5 Å². The van der Waals surface area contributed by atoms with E-state index >= 15 is 0 Å². The van der Waals surface area contributed by atoms with Gasteiger partial charge in [0.15, 0.2) is 0 Å². The summed E-state index contributed by atoms with van der Waals surface area (Å²) in [7, 11) is -3.60. The Bertz CT molecular complexity index is 1330. The summed E-state index contributed by atoms with van der Waals surface area (Å²) in [5, 5.41) is 5.44. The van der Waals surface area contributed by atoms with Gasteiger partial charge in [-0.1, -0.05) is 12.1 Å². The van der Waals surface area contributed by atoms with Gasteiger partial charge >= 0.3 is 6.18 Å². The summed E-state index contributed by atoms with van der Waals surface area (Å²) >= 11 is 0. The van der Waals surface area contributed by atoms with E-state index in [0.717, 1.165) is 0 Å². The molecule has 13 heteroatoms. The number of halogens is 3. The number of hydrogen-bond acceptors (Lipinski definition) is 7. The number of sulfonamides is 1. The zero-order valence-electron chi connectivity index (χ0n) is 18.8. The highest BCUT2D eigenvalue weighted by Gasteiger charge is 2.35. The van der Waals surface area contributed by atoms with Crippen LogP contribution in [0.15, 0.2) is 48.7 Å². The number of amides is 1. The lowest BCUT2D eigenvalue weighted by atomic mass is 10.1. The van der Waals surface area contributed by atoms with Gasteiger partial charge in [0.05, 0.1) is 11.4 Å². The molecule has 0 aliphatic heterocycles. The van der Waals surface area contributed by atoms with Crippen LogP contribution < -0.4 is 21.1 Å². The normalized spacial score (nSPS) is 11.7. The fourth-order valence-electron chi connectivity index (χ4n) is 3.08. The SMILES string of the molecule is CCS(=O)(=O)Nc1cccc(C)c1CNc1nc(Nc2ccc(C(N)=O)cc2)ncc1C(F)(F)F. The second-order valence-electron chi connectivity index (χ2n) is 7.48. The molecule has 0 saturated heterocycles. The summed E-state index contributed by atoms with van der Waals surface area (Å²) in [6.07, 6.45) is -4.09. The number of benzene rings is 2. The molecule has 2 aromatic carbocycles. The van der Waals surface area contributed by atoms with Crippen LogP contribution in [0.2, 0.25) is 0 Å². The molecule has 9 nitrogen and oxygen atoms in total. The Labute approximate surface area is 200 Å². The maximum absolute atomic E-state index is 13.6. The molecule has 0 aliphatic rings. The first kappa shape index (κ1) is 25.7. The summed E-state index contributed by atoms with van der Waals surface area (Å²) in [6.45, 7) is 3.05. The van der Waals surface area contributed by atoms with Crippen molar-refractivity contribution in [1.82, 2.24) is 9.97 Å². The smallest absolute Gasteiger partial charge is 0.366 e. The Hall–Kier alpha value is -3.87. The largest absolute Gasteiger partial charge is 0.421 e. The Balaban J connectivity index is 1.90. The molecule has 5 N–H and O–H groups in total. The highest BCUT2D eigenvalue weighted by atomic mass is 32.2. The molecule has 3 rings (SSSR count). The lowest BCUT2D eigenvalue weighted by molar-refractivity contribution is -0.137. The number of nitrogens with zero attached hydrogens (tertiary/aromatic N) is 2. The van der Waals surface area contributed by atoms with Crippen LogP contribution in [0.1, 0.15) is 34.0 Å². The van der Waals surface area contributed by atoms with Crippen LogP contribution in [-0.2, 0) is 22.7 Å². The molecule has 1 aromatic heterocycles. The number of rotatable bonds is 9. The van der Waals surface area contributed by atoms with Crippen molar-refractivity contribution in [3.63, 3.8) is 0 Å². The second-order valence-corrected chi connectivity index (χ2v) is 9.49. The van der Waals surface area contributed by atoms with Crippen LogP contribution in [0.3, 0.4) is 0 Å². The van der Waals surface area contributed by atoms with Crippen molar-refractivity contribution in [3.05, 3.63) is 70.9 Å². The number of nitrogens with two attached hydrogens (primary N) is 1.